The number of rotatable bonds is 1. The molecule has 0 saturated heterocycles. The maximum atomic E-state index is 9.76. The topological polar surface area (TPSA) is 17.1 Å². The fourth-order valence-electron chi connectivity index (χ4n) is 0.534. The van der Waals surface area contributed by atoms with Crippen LogP contribution in [0.3, 0.4) is 0 Å². The molecule has 1 nitrogen and oxygen atoms in total. The summed E-state index contributed by atoms with van der Waals surface area (Å²) in [6.45, 7) is 0. The van der Waals surface area contributed by atoms with Gasteiger partial charge in [0, 0.05) is 32.7 Å². The zero-order valence-corrected chi connectivity index (χ0v) is 7.26. The summed E-state index contributed by atoms with van der Waals surface area (Å²) in [4.78, 5) is 9.76. The van der Waals surface area contributed by atoms with E-state index >= 15 is 0 Å². The third-order valence-electron chi connectivity index (χ3n) is 0.889. The summed E-state index contributed by atoms with van der Waals surface area (Å²) in [5.41, 5.74) is 0.681. The maximum Gasteiger partial charge on any atom is 0.0624 e. The zero-order chi connectivity index (χ0) is 5.11. The Morgan fingerprint density at radius 3 is 2.62 bits per heavy atom. The third-order valence-corrected chi connectivity index (χ3v) is 0.889. The van der Waals surface area contributed by atoms with Gasteiger partial charge < -0.3 is 4.79 Å². The summed E-state index contributed by atoms with van der Waals surface area (Å²) in [5, 5.41) is 0. The van der Waals surface area contributed by atoms with Gasteiger partial charge >= 0.3 is 0 Å². The molecule has 0 amide bonds. The van der Waals surface area contributed by atoms with Crippen LogP contribution >= 0.6 is 0 Å². The molecule has 0 aromatic heterocycles. The van der Waals surface area contributed by atoms with Crippen molar-refractivity contribution in [2.24, 2.45) is 0 Å². The molecule has 0 aromatic carbocycles. The summed E-state index contributed by atoms with van der Waals surface area (Å²) in [7, 11) is 0. The predicted octanol–water partition coefficient (Wildman–Crippen LogP) is 0.980. The Hall–Kier alpha value is 0.254. The molecule has 0 fully saturated rings. The van der Waals surface area contributed by atoms with Gasteiger partial charge in [-0.05, 0) is 0 Å². The third kappa shape index (κ3) is 2.02. The summed E-state index contributed by atoms with van der Waals surface area (Å²) in [6, 6.07) is 0. The quantitative estimate of drug-likeness (QED) is 0.552. The molecule has 39 valence electrons. The maximum absolute atomic E-state index is 9.76. The minimum absolute atomic E-state index is 0. The minimum atomic E-state index is 0. The molecule has 1 rings (SSSR count). The Morgan fingerprint density at radius 2 is 2.38 bits per heavy atom. The van der Waals surface area contributed by atoms with Gasteiger partial charge in [0.1, 0.15) is 0 Å². The number of allylic oxidation sites excluding steroid dienone is 4. The van der Waals surface area contributed by atoms with Crippen LogP contribution < -0.4 is 0 Å². The van der Waals surface area contributed by atoms with Crippen LogP contribution in [0, 0.1) is 0 Å². The second-order valence-corrected chi connectivity index (χ2v) is 1.40. The molecular weight excluding hydrogens is 177 g/mol. The molecule has 0 aliphatic heterocycles. The molecule has 0 atom stereocenters. The summed E-state index contributed by atoms with van der Waals surface area (Å²) < 4.78 is 0. The Kier molecular flexibility index (Phi) is 4.30. The Labute approximate surface area is 73.7 Å². The molecule has 1 aliphatic carbocycles. The van der Waals surface area contributed by atoms with Crippen LogP contribution in [0.1, 0.15) is 6.42 Å². The van der Waals surface area contributed by atoms with Crippen LogP contribution in [0.2, 0.25) is 0 Å². The van der Waals surface area contributed by atoms with Gasteiger partial charge in [-0.15, -0.1) is 6.08 Å². The van der Waals surface area contributed by atoms with Crippen molar-refractivity contribution in [3.63, 3.8) is 0 Å². The molecule has 8 heavy (non-hydrogen) atoms. The number of hydrogen-bond acceptors (Lipinski definition) is 1. The van der Waals surface area contributed by atoms with Gasteiger partial charge in [0.05, 0.1) is 6.29 Å². The molecule has 0 N–H and O–H groups in total. The first-order valence-corrected chi connectivity index (χ1v) is 2.18. The second-order valence-electron chi connectivity index (χ2n) is 1.40. The van der Waals surface area contributed by atoms with E-state index in [1.165, 1.54) is 0 Å². The summed E-state index contributed by atoms with van der Waals surface area (Å²) in [5.74, 6) is 0. The van der Waals surface area contributed by atoms with Gasteiger partial charge in [-0.25, -0.2) is 0 Å². The van der Waals surface area contributed by atoms with E-state index < -0.39 is 0 Å². The van der Waals surface area contributed by atoms with E-state index in [0.29, 0.717) is 5.57 Å². The van der Waals surface area contributed by atoms with E-state index in [1.807, 2.05) is 12.2 Å². The monoisotopic (exact) mass is 182 g/mol. The van der Waals surface area contributed by atoms with Crippen LogP contribution in [0.25, 0.3) is 0 Å². The van der Waals surface area contributed by atoms with Crippen LogP contribution in [-0.2, 0) is 37.5 Å². The van der Waals surface area contributed by atoms with Crippen molar-refractivity contribution in [2.75, 3.05) is 0 Å². The SMILES string of the molecule is O=[C-]C1=CCC=C1.[Y]. The fraction of sp³-hybridized carbons (Fsp3) is 0.167. The van der Waals surface area contributed by atoms with Crippen molar-refractivity contribution in [3.8, 4) is 0 Å². The van der Waals surface area contributed by atoms with Gasteiger partial charge in [0.15, 0.2) is 0 Å². The van der Waals surface area contributed by atoms with E-state index in [9.17, 15) is 4.79 Å². The zero-order valence-electron chi connectivity index (χ0n) is 4.42. The normalized spacial score (nSPS) is 14.8. The van der Waals surface area contributed by atoms with Gasteiger partial charge in [-0.1, -0.05) is 6.42 Å². The molecule has 0 unspecified atom stereocenters. The van der Waals surface area contributed by atoms with Crippen LogP contribution in [0.15, 0.2) is 23.8 Å². The van der Waals surface area contributed by atoms with E-state index in [0.717, 1.165) is 6.42 Å². The number of hydrogen-bond donors (Lipinski definition) is 0. The fourth-order valence-corrected chi connectivity index (χ4v) is 0.534. The van der Waals surface area contributed by atoms with E-state index in [-0.39, 0.29) is 32.7 Å². The standard InChI is InChI=1S/C6H5O.Y/c7-5-6-3-1-2-4-6;/h1,3-4H,2H2;/q-1;. The van der Waals surface area contributed by atoms with Gasteiger partial charge in [-0.2, -0.15) is 17.7 Å². The van der Waals surface area contributed by atoms with Crippen LogP contribution in [-0.4, -0.2) is 6.29 Å². The van der Waals surface area contributed by atoms with Gasteiger partial charge in [-0.3, -0.25) is 0 Å². The number of carbonyl (C=O) groups excluding carboxylic acids is 1. The molecule has 0 heterocycles. The van der Waals surface area contributed by atoms with Crippen molar-refractivity contribution in [1.29, 1.82) is 0 Å². The molecule has 2 heteroatoms. The second kappa shape index (κ2) is 4.16. The Morgan fingerprint density at radius 1 is 1.62 bits per heavy atom. The average Bonchev–Trinajstić information content (AvgIpc) is 2.14. The van der Waals surface area contributed by atoms with E-state index in [1.54, 1.807) is 12.4 Å². The Bertz CT molecular complexity index is 135. The van der Waals surface area contributed by atoms with Gasteiger partial charge in [0.2, 0.25) is 0 Å². The van der Waals surface area contributed by atoms with Crippen molar-refractivity contribution in [1.82, 2.24) is 0 Å². The average molecular weight is 182 g/mol. The first-order valence-electron chi connectivity index (χ1n) is 2.18. The molecular formula is C6H5OY-. The molecule has 0 bridgehead atoms. The molecule has 0 saturated carbocycles. The van der Waals surface area contributed by atoms with Crippen molar-refractivity contribution in [3.05, 3.63) is 23.8 Å². The molecule has 1 aliphatic rings. The van der Waals surface area contributed by atoms with E-state index in [4.69, 9.17) is 0 Å². The Balaban J connectivity index is 0.000000490. The summed E-state index contributed by atoms with van der Waals surface area (Å²) >= 11 is 0. The van der Waals surface area contributed by atoms with Gasteiger partial charge in [0.25, 0.3) is 0 Å². The first kappa shape index (κ1) is 8.25. The molecule has 0 spiro atoms. The minimum Gasteiger partial charge on any atom is -0.376 e. The summed E-state index contributed by atoms with van der Waals surface area (Å²) in [6.07, 6.45) is 8.22. The molecule has 0 aromatic rings. The van der Waals surface area contributed by atoms with Crippen LogP contribution in [0.4, 0.5) is 0 Å². The smallest absolute Gasteiger partial charge is 0.0624 e. The van der Waals surface area contributed by atoms with E-state index in [2.05, 4.69) is 0 Å². The molecule has 1 radical (unpaired) electrons. The predicted molar refractivity (Wildman–Crippen MR) is 27.5 cm³/mol. The van der Waals surface area contributed by atoms with Crippen molar-refractivity contribution >= 4 is 6.29 Å². The van der Waals surface area contributed by atoms with Crippen molar-refractivity contribution in [2.45, 2.75) is 6.42 Å². The first-order chi connectivity index (χ1) is 3.43. The largest absolute Gasteiger partial charge is 0.376 e. The van der Waals surface area contributed by atoms with Crippen molar-refractivity contribution < 1.29 is 37.5 Å². The van der Waals surface area contributed by atoms with Crippen LogP contribution in [0.5, 0.6) is 0 Å².